The first-order valence-corrected chi connectivity index (χ1v) is 10.0. The molecule has 138 valence electrons. The molecule has 0 atom stereocenters. The van der Waals surface area contributed by atoms with E-state index in [1.807, 2.05) is 36.4 Å². The summed E-state index contributed by atoms with van der Waals surface area (Å²) in [5.41, 5.74) is 7.78. The number of hydrogen-bond donors (Lipinski definition) is 0. The SMILES string of the molecule is c1ccc2nc3c(nc2c1)c1cccc2c4ccc5oc6ccccc6c5c4n3c21. The van der Waals surface area contributed by atoms with Crippen molar-refractivity contribution in [2.75, 3.05) is 0 Å². The molecule has 4 aromatic carbocycles. The van der Waals surface area contributed by atoms with Gasteiger partial charge in [0.25, 0.3) is 0 Å². The van der Waals surface area contributed by atoms with Crippen LogP contribution in [0, 0.1) is 0 Å². The largest absolute Gasteiger partial charge is 0.456 e. The first kappa shape index (κ1) is 14.8. The van der Waals surface area contributed by atoms with Gasteiger partial charge in [0, 0.05) is 21.5 Å². The molecule has 0 aliphatic rings. The van der Waals surface area contributed by atoms with Gasteiger partial charge in [-0.3, -0.25) is 4.40 Å². The van der Waals surface area contributed by atoms with E-state index in [1.165, 1.54) is 16.3 Å². The van der Waals surface area contributed by atoms with E-state index in [-0.39, 0.29) is 0 Å². The Hall–Kier alpha value is -4.18. The number of rotatable bonds is 0. The second kappa shape index (κ2) is 4.86. The summed E-state index contributed by atoms with van der Waals surface area (Å²) in [5.74, 6) is 0. The molecule has 0 bridgehead atoms. The zero-order chi connectivity index (χ0) is 19.4. The van der Waals surface area contributed by atoms with E-state index in [4.69, 9.17) is 14.4 Å². The molecule has 30 heavy (non-hydrogen) atoms. The van der Waals surface area contributed by atoms with Crippen LogP contribution < -0.4 is 0 Å². The Labute approximate surface area is 169 Å². The lowest BCUT2D eigenvalue weighted by atomic mass is 10.1. The highest BCUT2D eigenvalue weighted by atomic mass is 16.3. The van der Waals surface area contributed by atoms with E-state index >= 15 is 0 Å². The van der Waals surface area contributed by atoms with Crippen LogP contribution >= 0.6 is 0 Å². The highest BCUT2D eigenvalue weighted by molar-refractivity contribution is 6.29. The van der Waals surface area contributed by atoms with E-state index < -0.39 is 0 Å². The molecule has 0 aliphatic carbocycles. The number of aromatic nitrogens is 3. The summed E-state index contributed by atoms with van der Waals surface area (Å²) in [6.07, 6.45) is 0. The van der Waals surface area contributed by atoms with Crippen molar-refractivity contribution in [3.8, 4) is 0 Å². The minimum Gasteiger partial charge on any atom is -0.456 e. The molecule has 0 aliphatic heterocycles. The zero-order valence-corrected chi connectivity index (χ0v) is 15.8. The predicted octanol–water partition coefficient (Wildman–Crippen LogP) is 6.68. The van der Waals surface area contributed by atoms with Crippen LogP contribution in [0.2, 0.25) is 0 Å². The summed E-state index contributed by atoms with van der Waals surface area (Å²) in [5, 5.41) is 5.83. The van der Waals surface area contributed by atoms with Gasteiger partial charge in [-0.15, -0.1) is 0 Å². The standard InChI is InChI=1S/C26H13N3O/c1-4-11-20-16(6-1)22-21(30-20)13-12-15-14-7-5-8-17-23-26(29(24(14)17)25(15)22)28-19-10-3-2-9-18(19)27-23/h1-13H. The molecule has 0 N–H and O–H groups in total. The molecular formula is C26H13N3O. The van der Waals surface area contributed by atoms with Crippen LogP contribution in [0.5, 0.6) is 0 Å². The average Bonchev–Trinajstić information content (AvgIpc) is 3.43. The third-order valence-electron chi connectivity index (χ3n) is 6.31. The van der Waals surface area contributed by atoms with Gasteiger partial charge in [-0.25, -0.2) is 9.97 Å². The van der Waals surface area contributed by atoms with Crippen LogP contribution in [-0.2, 0) is 0 Å². The molecule has 4 nitrogen and oxygen atoms in total. The first-order chi connectivity index (χ1) is 14.9. The Morgan fingerprint density at radius 2 is 1.30 bits per heavy atom. The van der Waals surface area contributed by atoms with Gasteiger partial charge >= 0.3 is 0 Å². The normalized spacial score (nSPS) is 12.7. The van der Waals surface area contributed by atoms with Crippen LogP contribution in [0.4, 0.5) is 0 Å². The molecule has 0 fully saturated rings. The fraction of sp³-hybridized carbons (Fsp3) is 0. The quantitative estimate of drug-likeness (QED) is 0.293. The topological polar surface area (TPSA) is 43.3 Å². The van der Waals surface area contributed by atoms with E-state index in [1.54, 1.807) is 0 Å². The monoisotopic (exact) mass is 383 g/mol. The number of para-hydroxylation sites is 4. The van der Waals surface area contributed by atoms with E-state index in [0.717, 1.165) is 55.0 Å². The molecule has 8 aromatic rings. The van der Waals surface area contributed by atoms with Crippen molar-refractivity contribution in [2.45, 2.75) is 0 Å². The molecule has 0 amide bonds. The molecule has 8 rings (SSSR count). The van der Waals surface area contributed by atoms with Crippen molar-refractivity contribution in [2.24, 2.45) is 0 Å². The number of nitrogens with zero attached hydrogens (tertiary/aromatic N) is 3. The third-order valence-corrected chi connectivity index (χ3v) is 6.31. The summed E-state index contributed by atoms with van der Waals surface area (Å²) in [6.45, 7) is 0. The average molecular weight is 383 g/mol. The lowest BCUT2D eigenvalue weighted by molar-refractivity contribution is 0.669. The van der Waals surface area contributed by atoms with Crippen molar-refractivity contribution in [3.63, 3.8) is 0 Å². The molecule has 0 saturated carbocycles. The molecule has 0 unspecified atom stereocenters. The van der Waals surface area contributed by atoms with Crippen LogP contribution in [0.25, 0.3) is 71.3 Å². The summed E-state index contributed by atoms with van der Waals surface area (Å²) < 4.78 is 8.47. The maximum Gasteiger partial charge on any atom is 0.165 e. The van der Waals surface area contributed by atoms with Crippen LogP contribution in [0.1, 0.15) is 0 Å². The van der Waals surface area contributed by atoms with Crippen molar-refractivity contribution in [1.82, 2.24) is 14.4 Å². The molecule has 0 radical (unpaired) electrons. The maximum atomic E-state index is 6.18. The van der Waals surface area contributed by atoms with Gasteiger partial charge in [0.05, 0.1) is 27.5 Å². The van der Waals surface area contributed by atoms with Crippen molar-refractivity contribution < 1.29 is 4.42 Å². The lowest BCUT2D eigenvalue weighted by Gasteiger charge is -2.01. The van der Waals surface area contributed by atoms with Crippen LogP contribution in [0.15, 0.2) is 83.3 Å². The minimum atomic E-state index is 0.895. The molecule has 4 heterocycles. The van der Waals surface area contributed by atoms with Gasteiger partial charge in [0.2, 0.25) is 0 Å². The zero-order valence-electron chi connectivity index (χ0n) is 15.8. The van der Waals surface area contributed by atoms with Gasteiger partial charge in [-0.1, -0.05) is 48.5 Å². The van der Waals surface area contributed by atoms with Crippen LogP contribution in [0.3, 0.4) is 0 Å². The summed E-state index contributed by atoms with van der Waals surface area (Å²) >= 11 is 0. The van der Waals surface area contributed by atoms with Crippen molar-refractivity contribution >= 4 is 71.3 Å². The Morgan fingerprint density at radius 1 is 0.567 bits per heavy atom. The van der Waals surface area contributed by atoms with Gasteiger partial charge < -0.3 is 4.42 Å². The second-order valence-electron chi connectivity index (χ2n) is 7.85. The van der Waals surface area contributed by atoms with Gasteiger partial charge in [-0.2, -0.15) is 0 Å². The van der Waals surface area contributed by atoms with Crippen LogP contribution in [-0.4, -0.2) is 14.4 Å². The van der Waals surface area contributed by atoms with Crippen molar-refractivity contribution in [3.05, 3.63) is 78.9 Å². The van der Waals surface area contributed by atoms with Gasteiger partial charge in [0.15, 0.2) is 5.65 Å². The number of benzene rings is 4. The smallest absolute Gasteiger partial charge is 0.165 e. The first-order valence-electron chi connectivity index (χ1n) is 10.0. The van der Waals surface area contributed by atoms with Gasteiger partial charge in [0.1, 0.15) is 16.7 Å². The summed E-state index contributed by atoms with van der Waals surface area (Å²) in [7, 11) is 0. The number of hydrogen-bond acceptors (Lipinski definition) is 3. The fourth-order valence-electron chi connectivity index (χ4n) is 5.09. The fourth-order valence-corrected chi connectivity index (χ4v) is 5.09. The van der Waals surface area contributed by atoms with E-state index in [9.17, 15) is 0 Å². The lowest BCUT2D eigenvalue weighted by Crippen LogP contribution is -1.89. The van der Waals surface area contributed by atoms with Crippen molar-refractivity contribution in [1.29, 1.82) is 0 Å². The number of furan rings is 1. The Kier molecular flexibility index (Phi) is 2.39. The third kappa shape index (κ3) is 1.57. The second-order valence-corrected chi connectivity index (χ2v) is 7.85. The maximum absolute atomic E-state index is 6.18. The molecular weight excluding hydrogens is 370 g/mol. The minimum absolute atomic E-state index is 0.895. The number of fused-ring (bicyclic) bond motifs is 11. The highest BCUT2D eigenvalue weighted by Gasteiger charge is 2.22. The Balaban J connectivity index is 1.77. The molecule has 4 heteroatoms. The summed E-state index contributed by atoms with van der Waals surface area (Å²) in [6, 6.07) is 27.0. The van der Waals surface area contributed by atoms with E-state index in [0.29, 0.717) is 0 Å². The van der Waals surface area contributed by atoms with Gasteiger partial charge in [-0.05, 0) is 30.3 Å². The molecule has 0 saturated heterocycles. The summed E-state index contributed by atoms with van der Waals surface area (Å²) in [4.78, 5) is 10.1. The Bertz CT molecular complexity index is 1960. The van der Waals surface area contributed by atoms with E-state index in [2.05, 4.69) is 46.9 Å². The Morgan fingerprint density at radius 3 is 2.23 bits per heavy atom. The molecule has 4 aromatic heterocycles. The predicted molar refractivity (Wildman–Crippen MR) is 121 cm³/mol. The highest BCUT2D eigenvalue weighted by Crippen LogP contribution is 2.43. The molecule has 0 spiro atoms.